The van der Waals surface area contributed by atoms with Crippen LogP contribution in [0.15, 0.2) is 65.3 Å². The van der Waals surface area contributed by atoms with Crippen molar-refractivity contribution < 1.29 is 23.8 Å². The molecule has 0 saturated heterocycles. The summed E-state index contributed by atoms with van der Waals surface area (Å²) in [5.74, 6) is 1.66. The summed E-state index contributed by atoms with van der Waals surface area (Å²) in [4.78, 5) is 33.5. The number of anilines is 1. The Kier molecular flexibility index (Phi) is 8.76. The van der Waals surface area contributed by atoms with Crippen LogP contribution in [0.25, 0.3) is 10.9 Å². The Morgan fingerprint density at radius 2 is 1.77 bits per heavy atom. The van der Waals surface area contributed by atoms with Gasteiger partial charge in [-0.15, -0.1) is 0 Å². The summed E-state index contributed by atoms with van der Waals surface area (Å²) in [5, 5.41) is 3.54. The van der Waals surface area contributed by atoms with Crippen molar-refractivity contribution >= 4 is 34.0 Å². The van der Waals surface area contributed by atoms with Crippen LogP contribution in [0.4, 0.5) is 5.69 Å². The summed E-state index contributed by atoms with van der Waals surface area (Å²) >= 11 is 0. The number of aliphatic imine (C=N–C) groups is 1. The van der Waals surface area contributed by atoms with Crippen molar-refractivity contribution in [3.05, 3.63) is 65.9 Å². The quantitative estimate of drug-likeness (QED) is 0.309. The highest BCUT2D eigenvalue weighted by atomic mass is 16.5. The lowest BCUT2D eigenvalue weighted by molar-refractivity contribution is -0.118. The van der Waals surface area contributed by atoms with Crippen LogP contribution < -0.4 is 14.8 Å². The molecule has 1 aliphatic heterocycles. The van der Waals surface area contributed by atoms with Gasteiger partial charge in [-0.25, -0.2) is 0 Å². The summed E-state index contributed by atoms with van der Waals surface area (Å²) in [6, 6.07) is 12.8. The molecule has 0 atom stereocenters. The minimum atomic E-state index is -0.214. The number of ketones is 1. The van der Waals surface area contributed by atoms with E-state index in [9.17, 15) is 9.59 Å². The van der Waals surface area contributed by atoms with Gasteiger partial charge in [-0.2, -0.15) is 0 Å². The Balaban J connectivity index is 1.45. The number of fused-ring (bicyclic) bond motifs is 1. The first-order valence-corrected chi connectivity index (χ1v) is 13.0. The van der Waals surface area contributed by atoms with E-state index < -0.39 is 0 Å². The largest absolute Gasteiger partial charge is 0.489 e. The molecular weight excluding hydrogens is 494 g/mol. The molecular formula is C31H35N3O5. The van der Waals surface area contributed by atoms with Crippen molar-refractivity contribution in [3.8, 4) is 17.2 Å². The molecule has 0 bridgehead atoms. The lowest BCUT2D eigenvalue weighted by Crippen LogP contribution is -2.16. The van der Waals surface area contributed by atoms with E-state index in [1.807, 2.05) is 24.3 Å². The number of amides is 1. The number of allylic oxidation sites excluding steroid dienone is 1. The van der Waals surface area contributed by atoms with Gasteiger partial charge in [-0.3, -0.25) is 19.6 Å². The number of carbonyl (C=O) groups is 2. The first kappa shape index (κ1) is 28.0. The van der Waals surface area contributed by atoms with E-state index in [-0.39, 0.29) is 17.1 Å². The molecule has 4 rings (SSSR count). The van der Waals surface area contributed by atoms with E-state index in [1.165, 1.54) is 6.92 Å². The van der Waals surface area contributed by atoms with Gasteiger partial charge in [-0.05, 0) is 41.5 Å². The zero-order valence-corrected chi connectivity index (χ0v) is 23.2. The van der Waals surface area contributed by atoms with Gasteiger partial charge >= 0.3 is 0 Å². The molecule has 39 heavy (non-hydrogen) atoms. The Labute approximate surface area is 229 Å². The van der Waals surface area contributed by atoms with Gasteiger partial charge in [0.25, 0.3) is 0 Å². The maximum atomic E-state index is 12.7. The summed E-state index contributed by atoms with van der Waals surface area (Å²) < 4.78 is 17.0. The molecule has 0 fully saturated rings. The normalized spacial score (nSPS) is 13.2. The van der Waals surface area contributed by atoms with Crippen molar-refractivity contribution in [3.63, 3.8) is 0 Å². The molecule has 1 amide bonds. The molecule has 0 aliphatic carbocycles. The predicted octanol–water partition coefficient (Wildman–Crippen LogP) is 5.94. The Morgan fingerprint density at radius 3 is 2.44 bits per heavy atom. The number of rotatable bonds is 11. The first-order valence-electron chi connectivity index (χ1n) is 13.0. The van der Waals surface area contributed by atoms with Crippen molar-refractivity contribution in [1.29, 1.82) is 0 Å². The number of carbonyl (C=O) groups excluding carboxylic acids is 2. The second kappa shape index (κ2) is 12.2. The fourth-order valence-electron chi connectivity index (χ4n) is 4.26. The van der Waals surface area contributed by atoms with Crippen LogP contribution in [-0.4, -0.2) is 49.3 Å². The van der Waals surface area contributed by atoms with Crippen LogP contribution >= 0.6 is 0 Å². The van der Waals surface area contributed by atoms with E-state index in [2.05, 4.69) is 42.1 Å². The van der Waals surface area contributed by atoms with Crippen LogP contribution in [0.5, 0.6) is 17.2 Å². The van der Waals surface area contributed by atoms with E-state index in [0.29, 0.717) is 61.1 Å². The SMILES string of the molecule is COCCOc1cc2nccc(Oc3ccc(CC(=O)CC4=CC(C(C)(C)C)=NC4)cc3)c2cc1NC(C)=O. The van der Waals surface area contributed by atoms with Gasteiger partial charge in [0.15, 0.2) is 0 Å². The lowest BCUT2D eigenvalue weighted by Gasteiger charge is -2.16. The maximum Gasteiger partial charge on any atom is 0.221 e. The van der Waals surface area contributed by atoms with E-state index in [1.54, 1.807) is 31.5 Å². The average molecular weight is 530 g/mol. The molecule has 204 valence electrons. The fraction of sp³-hybridized carbons (Fsp3) is 0.355. The molecule has 2 heterocycles. The van der Waals surface area contributed by atoms with Crippen LogP contribution in [0, 0.1) is 5.41 Å². The number of nitrogens with one attached hydrogen (secondary N) is 1. The summed E-state index contributed by atoms with van der Waals surface area (Å²) in [6.45, 7) is 9.19. The van der Waals surface area contributed by atoms with Gasteiger partial charge in [0.1, 0.15) is 29.6 Å². The molecule has 0 spiro atoms. The minimum Gasteiger partial charge on any atom is -0.489 e. The Morgan fingerprint density at radius 1 is 1.00 bits per heavy atom. The van der Waals surface area contributed by atoms with Crippen LogP contribution in [0.1, 0.15) is 39.7 Å². The molecule has 0 unspecified atom stereocenters. The molecule has 8 nitrogen and oxygen atoms in total. The zero-order chi connectivity index (χ0) is 28.0. The predicted molar refractivity (Wildman–Crippen MR) is 153 cm³/mol. The minimum absolute atomic E-state index is 0.00753. The maximum absolute atomic E-state index is 12.7. The number of ether oxygens (including phenoxy) is 3. The topological polar surface area (TPSA) is 99.1 Å². The monoisotopic (exact) mass is 529 g/mol. The van der Waals surface area contributed by atoms with E-state index in [0.717, 1.165) is 22.2 Å². The number of hydrogen-bond acceptors (Lipinski definition) is 7. The number of nitrogens with zero attached hydrogens (tertiary/aromatic N) is 2. The highest BCUT2D eigenvalue weighted by molar-refractivity contribution is 6.02. The average Bonchev–Trinajstić information content (AvgIpc) is 3.35. The number of methoxy groups -OCH3 is 1. The van der Waals surface area contributed by atoms with Crippen molar-refractivity contribution in [2.45, 2.75) is 40.5 Å². The summed E-state index contributed by atoms with van der Waals surface area (Å²) in [6.07, 6.45) is 4.50. The third kappa shape index (κ3) is 7.51. The third-order valence-electron chi connectivity index (χ3n) is 6.20. The van der Waals surface area contributed by atoms with Gasteiger partial charge in [0.05, 0.1) is 24.4 Å². The number of benzene rings is 2. The van der Waals surface area contributed by atoms with Crippen LogP contribution in [0.2, 0.25) is 0 Å². The van der Waals surface area contributed by atoms with Gasteiger partial charge < -0.3 is 19.5 Å². The molecule has 0 saturated carbocycles. The van der Waals surface area contributed by atoms with Crippen LogP contribution in [-0.2, 0) is 20.7 Å². The number of Topliss-reactive ketones (excluding diaryl/α,β-unsaturated/α-hetero) is 1. The zero-order valence-electron chi connectivity index (χ0n) is 23.2. The fourth-order valence-corrected chi connectivity index (χ4v) is 4.26. The second-order valence-corrected chi connectivity index (χ2v) is 10.6. The third-order valence-corrected chi connectivity index (χ3v) is 6.20. The number of hydrogen-bond donors (Lipinski definition) is 1. The molecule has 1 N–H and O–H groups in total. The first-order chi connectivity index (χ1) is 18.6. The number of pyridine rings is 1. The van der Waals surface area contributed by atoms with Crippen LogP contribution in [0.3, 0.4) is 0 Å². The van der Waals surface area contributed by atoms with Gasteiger partial charge in [0.2, 0.25) is 5.91 Å². The smallest absolute Gasteiger partial charge is 0.221 e. The Hall–Kier alpha value is -4.04. The molecule has 8 heteroatoms. The highest BCUT2D eigenvalue weighted by Gasteiger charge is 2.22. The van der Waals surface area contributed by atoms with Crippen molar-refractivity contribution in [2.24, 2.45) is 10.4 Å². The molecule has 1 aromatic heterocycles. The van der Waals surface area contributed by atoms with E-state index >= 15 is 0 Å². The lowest BCUT2D eigenvalue weighted by atomic mass is 9.89. The Bertz CT molecular complexity index is 1420. The van der Waals surface area contributed by atoms with Crippen molar-refractivity contribution in [2.75, 3.05) is 32.2 Å². The second-order valence-electron chi connectivity index (χ2n) is 10.6. The van der Waals surface area contributed by atoms with Crippen molar-refractivity contribution in [1.82, 2.24) is 4.98 Å². The molecule has 0 radical (unpaired) electrons. The molecule has 3 aromatic rings. The summed E-state index contributed by atoms with van der Waals surface area (Å²) in [7, 11) is 1.60. The molecule has 1 aliphatic rings. The summed E-state index contributed by atoms with van der Waals surface area (Å²) in [5.41, 5.74) is 4.22. The molecule has 2 aromatic carbocycles. The van der Waals surface area contributed by atoms with Gasteiger partial charge in [0, 0.05) is 55.7 Å². The van der Waals surface area contributed by atoms with Gasteiger partial charge in [-0.1, -0.05) is 32.9 Å². The standard InChI is InChI=1S/C31H35N3O5/c1-20(35)34-27-17-25-26(18-29(27)38-13-12-37-5)32-11-10-28(25)39-24-8-6-21(7-9-24)14-23(36)15-22-16-30(33-19-22)31(2,3)4/h6-11,16-18H,12-15,19H2,1-5H3,(H,34,35). The highest BCUT2D eigenvalue weighted by Crippen LogP contribution is 2.36. The number of aromatic nitrogens is 1. The van der Waals surface area contributed by atoms with E-state index in [4.69, 9.17) is 14.2 Å².